The Morgan fingerprint density at radius 3 is 2.67 bits per heavy atom. The standard InChI is InChI=1S/C13H16N2O2S/c16-8-13(17)10-18-9-11-2-4-12(5-3-11)15-7-1-6-14-15/h1-7,13,16-17H,8-10H2. The van der Waals surface area contributed by atoms with Crippen LogP contribution in [0.3, 0.4) is 0 Å². The third kappa shape index (κ3) is 3.60. The summed E-state index contributed by atoms with van der Waals surface area (Å²) in [5.41, 5.74) is 2.23. The first kappa shape index (κ1) is 13.1. The lowest BCUT2D eigenvalue weighted by Gasteiger charge is -2.07. The molecule has 1 heterocycles. The Bertz CT molecular complexity index is 456. The molecule has 2 rings (SSSR count). The van der Waals surface area contributed by atoms with Gasteiger partial charge in [-0.15, -0.1) is 0 Å². The molecule has 1 aromatic carbocycles. The van der Waals surface area contributed by atoms with E-state index < -0.39 is 6.10 Å². The van der Waals surface area contributed by atoms with Crippen molar-refractivity contribution in [3.05, 3.63) is 48.3 Å². The Labute approximate surface area is 110 Å². The highest BCUT2D eigenvalue weighted by atomic mass is 32.2. The topological polar surface area (TPSA) is 58.3 Å². The number of aliphatic hydroxyl groups is 2. The molecule has 0 aliphatic rings. The first-order valence-corrected chi connectivity index (χ1v) is 6.90. The zero-order chi connectivity index (χ0) is 12.8. The van der Waals surface area contributed by atoms with Gasteiger partial charge in [0.25, 0.3) is 0 Å². The van der Waals surface area contributed by atoms with Crippen molar-refractivity contribution in [1.29, 1.82) is 0 Å². The molecular formula is C13H16N2O2S. The molecule has 96 valence electrons. The van der Waals surface area contributed by atoms with Gasteiger partial charge in [-0.3, -0.25) is 0 Å². The van der Waals surface area contributed by atoms with Crippen LogP contribution in [0.25, 0.3) is 5.69 Å². The van der Waals surface area contributed by atoms with E-state index in [0.29, 0.717) is 5.75 Å². The average Bonchev–Trinajstić information content (AvgIpc) is 2.93. The van der Waals surface area contributed by atoms with E-state index in [2.05, 4.69) is 17.2 Å². The Balaban J connectivity index is 1.88. The van der Waals surface area contributed by atoms with E-state index in [1.807, 2.05) is 29.1 Å². The van der Waals surface area contributed by atoms with Crippen LogP contribution in [-0.4, -0.2) is 38.5 Å². The Hall–Kier alpha value is -1.30. The number of hydrogen-bond acceptors (Lipinski definition) is 4. The van der Waals surface area contributed by atoms with E-state index >= 15 is 0 Å². The summed E-state index contributed by atoms with van der Waals surface area (Å²) < 4.78 is 1.81. The molecule has 0 saturated heterocycles. The number of rotatable bonds is 6. The normalized spacial score (nSPS) is 12.6. The Morgan fingerprint density at radius 1 is 1.28 bits per heavy atom. The van der Waals surface area contributed by atoms with Crippen molar-refractivity contribution in [2.24, 2.45) is 0 Å². The molecule has 0 aliphatic carbocycles. The number of aromatic nitrogens is 2. The minimum Gasteiger partial charge on any atom is -0.394 e. The number of thioether (sulfide) groups is 1. The summed E-state index contributed by atoms with van der Waals surface area (Å²) in [7, 11) is 0. The minimum atomic E-state index is -0.627. The second kappa shape index (κ2) is 6.58. The van der Waals surface area contributed by atoms with Crippen molar-refractivity contribution in [2.45, 2.75) is 11.9 Å². The van der Waals surface area contributed by atoms with Crippen LogP contribution in [0.2, 0.25) is 0 Å². The van der Waals surface area contributed by atoms with Crippen LogP contribution >= 0.6 is 11.8 Å². The SMILES string of the molecule is OCC(O)CSCc1ccc(-n2cccn2)cc1. The summed E-state index contributed by atoms with van der Waals surface area (Å²) in [5, 5.41) is 22.1. The fraction of sp³-hybridized carbons (Fsp3) is 0.308. The van der Waals surface area contributed by atoms with Crippen molar-refractivity contribution in [2.75, 3.05) is 12.4 Å². The lowest BCUT2D eigenvalue weighted by molar-refractivity contribution is 0.113. The van der Waals surface area contributed by atoms with E-state index in [0.717, 1.165) is 11.4 Å². The number of hydrogen-bond donors (Lipinski definition) is 2. The third-order valence-electron chi connectivity index (χ3n) is 2.50. The smallest absolute Gasteiger partial charge is 0.0861 e. The number of benzene rings is 1. The van der Waals surface area contributed by atoms with E-state index in [-0.39, 0.29) is 6.61 Å². The molecule has 0 aliphatic heterocycles. The fourth-order valence-electron chi connectivity index (χ4n) is 1.53. The first-order chi connectivity index (χ1) is 8.79. The van der Waals surface area contributed by atoms with Crippen LogP contribution in [0, 0.1) is 0 Å². The maximum atomic E-state index is 9.22. The zero-order valence-electron chi connectivity index (χ0n) is 9.94. The predicted molar refractivity (Wildman–Crippen MR) is 72.8 cm³/mol. The maximum absolute atomic E-state index is 9.22. The molecule has 1 unspecified atom stereocenters. The number of nitrogens with zero attached hydrogens (tertiary/aromatic N) is 2. The molecule has 0 saturated carbocycles. The van der Waals surface area contributed by atoms with Gasteiger partial charge >= 0.3 is 0 Å². The van der Waals surface area contributed by atoms with Crippen molar-refractivity contribution < 1.29 is 10.2 Å². The molecule has 18 heavy (non-hydrogen) atoms. The van der Waals surface area contributed by atoms with Gasteiger partial charge in [-0.05, 0) is 23.8 Å². The molecular weight excluding hydrogens is 248 g/mol. The summed E-state index contributed by atoms with van der Waals surface area (Å²) in [6, 6.07) is 10.0. The van der Waals surface area contributed by atoms with Crippen molar-refractivity contribution in [3.63, 3.8) is 0 Å². The highest BCUT2D eigenvalue weighted by Crippen LogP contribution is 2.15. The lowest BCUT2D eigenvalue weighted by Crippen LogP contribution is -2.14. The van der Waals surface area contributed by atoms with Crippen molar-refractivity contribution in [3.8, 4) is 5.69 Å². The summed E-state index contributed by atoms with van der Waals surface area (Å²) in [6.07, 6.45) is 3.03. The van der Waals surface area contributed by atoms with Crippen LogP contribution < -0.4 is 0 Å². The monoisotopic (exact) mass is 264 g/mol. The molecule has 1 aromatic heterocycles. The van der Waals surface area contributed by atoms with Crippen LogP contribution in [0.5, 0.6) is 0 Å². The van der Waals surface area contributed by atoms with Crippen LogP contribution in [0.1, 0.15) is 5.56 Å². The predicted octanol–water partition coefficient (Wildman–Crippen LogP) is 1.46. The van der Waals surface area contributed by atoms with E-state index in [4.69, 9.17) is 5.11 Å². The third-order valence-corrected chi connectivity index (χ3v) is 3.65. The molecule has 2 N–H and O–H groups in total. The number of aliphatic hydroxyl groups excluding tert-OH is 2. The van der Waals surface area contributed by atoms with Gasteiger partial charge in [-0.25, -0.2) is 4.68 Å². The van der Waals surface area contributed by atoms with Gasteiger partial charge in [0.1, 0.15) is 0 Å². The molecule has 0 fully saturated rings. The molecule has 5 heteroatoms. The minimum absolute atomic E-state index is 0.175. The van der Waals surface area contributed by atoms with Gasteiger partial charge in [0.05, 0.1) is 18.4 Å². The summed E-state index contributed by atoms with van der Waals surface area (Å²) in [6.45, 7) is -0.175. The average molecular weight is 264 g/mol. The largest absolute Gasteiger partial charge is 0.394 e. The molecule has 4 nitrogen and oxygen atoms in total. The summed E-state index contributed by atoms with van der Waals surface area (Å²) in [5.74, 6) is 1.38. The summed E-state index contributed by atoms with van der Waals surface area (Å²) >= 11 is 1.61. The summed E-state index contributed by atoms with van der Waals surface area (Å²) in [4.78, 5) is 0. The van der Waals surface area contributed by atoms with Gasteiger partial charge in [-0.1, -0.05) is 12.1 Å². The van der Waals surface area contributed by atoms with Gasteiger partial charge in [0, 0.05) is 23.9 Å². The first-order valence-electron chi connectivity index (χ1n) is 5.75. The van der Waals surface area contributed by atoms with Gasteiger partial charge in [-0.2, -0.15) is 16.9 Å². The quantitative estimate of drug-likeness (QED) is 0.829. The highest BCUT2D eigenvalue weighted by Gasteiger charge is 2.02. The van der Waals surface area contributed by atoms with Crippen LogP contribution in [0.4, 0.5) is 0 Å². The highest BCUT2D eigenvalue weighted by molar-refractivity contribution is 7.98. The fourth-order valence-corrected chi connectivity index (χ4v) is 2.46. The molecule has 1 atom stereocenters. The molecule has 0 radical (unpaired) electrons. The second-order valence-electron chi connectivity index (χ2n) is 3.97. The van der Waals surface area contributed by atoms with Crippen molar-refractivity contribution >= 4 is 11.8 Å². The van der Waals surface area contributed by atoms with Gasteiger partial charge in [0.2, 0.25) is 0 Å². The maximum Gasteiger partial charge on any atom is 0.0861 e. The Morgan fingerprint density at radius 2 is 2.06 bits per heavy atom. The van der Waals surface area contributed by atoms with E-state index in [9.17, 15) is 5.11 Å². The van der Waals surface area contributed by atoms with Crippen LogP contribution in [0.15, 0.2) is 42.7 Å². The molecule has 2 aromatic rings. The molecule has 0 bridgehead atoms. The zero-order valence-corrected chi connectivity index (χ0v) is 10.8. The van der Waals surface area contributed by atoms with Gasteiger partial charge < -0.3 is 10.2 Å². The van der Waals surface area contributed by atoms with Crippen molar-refractivity contribution in [1.82, 2.24) is 9.78 Å². The van der Waals surface area contributed by atoms with Crippen LogP contribution in [-0.2, 0) is 5.75 Å². The van der Waals surface area contributed by atoms with E-state index in [1.165, 1.54) is 5.56 Å². The second-order valence-corrected chi connectivity index (χ2v) is 5.00. The van der Waals surface area contributed by atoms with Gasteiger partial charge in [0.15, 0.2) is 0 Å². The molecule has 0 amide bonds. The van der Waals surface area contributed by atoms with E-state index in [1.54, 1.807) is 18.0 Å². The molecule has 0 spiro atoms. The lowest BCUT2D eigenvalue weighted by atomic mass is 10.2. The Kier molecular flexibility index (Phi) is 4.81.